The molecule has 2 aliphatic rings. The predicted molar refractivity (Wildman–Crippen MR) is 79.2 cm³/mol. The topological polar surface area (TPSA) is 15.3 Å². The van der Waals surface area contributed by atoms with Crippen LogP contribution in [0.2, 0.25) is 0 Å². The minimum Gasteiger partial charge on any atom is -0.311 e. The summed E-state index contributed by atoms with van der Waals surface area (Å²) in [4.78, 5) is 2.41. The van der Waals surface area contributed by atoms with Crippen LogP contribution in [0.1, 0.15) is 52.4 Å². The third-order valence-electron chi connectivity index (χ3n) is 4.90. The highest BCUT2D eigenvalue weighted by atomic mass is 19.1. The van der Waals surface area contributed by atoms with Crippen molar-refractivity contribution in [3.05, 3.63) is 0 Å². The number of rotatable bonds is 5. The van der Waals surface area contributed by atoms with Gasteiger partial charge in [0.25, 0.3) is 0 Å². The largest absolute Gasteiger partial charge is 0.311 e. The Balaban J connectivity index is 1.89. The molecule has 19 heavy (non-hydrogen) atoms. The van der Waals surface area contributed by atoms with Gasteiger partial charge in [-0.05, 0) is 31.1 Å². The summed E-state index contributed by atoms with van der Waals surface area (Å²) in [6.07, 6.45) is 8.12. The highest BCUT2D eigenvalue weighted by Gasteiger charge is 2.32. The van der Waals surface area contributed by atoms with E-state index in [0.29, 0.717) is 24.5 Å². The van der Waals surface area contributed by atoms with Crippen LogP contribution >= 0.6 is 0 Å². The van der Waals surface area contributed by atoms with Crippen LogP contribution in [-0.2, 0) is 0 Å². The first kappa shape index (κ1) is 15.2. The number of piperazine rings is 1. The van der Waals surface area contributed by atoms with E-state index in [1.807, 2.05) is 0 Å². The molecule has 2 nitrogen and oxygen atoms in total. The molecule has 0 amide bonds. The molecule has 1 saturated heterocycles. The van der Waals surface area contributed by atoms with E-state index in [1.165, 1.54) is 38.5 Å². The molecule has 1 N–H and O–H groups in total. The number of alkyl halides is 1. The summed E-state index contributed by atoms with van der Waals surface area (Å²) >= 11 is 0. The summed E-state index contributed by atoms with van der Waals surface area (Å²) in [6.45, 7) is 7.07. The molecule has 0 bridgehead atoms. The van der Waals surface area contributed by atoms with E-state index in [4.69, 9.17) is 0 Å². The molecule has 112 valence electrons. The fourth-order valence-corrected chi connectivity index (χ4v) is 3.89. The zero-order valence-electron chi connectivity index (χ0n) is 12.7. The molecule has 3 heteroatoms. The van der Waals surface area contributed by atoms with Crippen LogP contribution in [0.25, 0.3) is 0 Å². The first-order chi connectivity index (χ1) is 9.20. The van der Waals surface area contributed by atoms with Crippen LogP contribution in [0.5, 0.6) is 0 Å². The Morgan fingerprint density at radius 1 is 1.21 bits per heavy atom. The number of nitrogens with zero attached hydrogens (tertiary/aromatic N) is 1. The molecule has 1 aliphatic heterocycles. The van der Waals surface area contributed by atoms with E-state index in [-0.39, 0.29) is 6.67 Å². The van der Waals surface area contributed by atoms with Gasteiger partial charge in [0.1, 0.15) is 6.67 Å². The van der Waals surface area contributed by atoms with Gasteiger partial charge < -0.3 is 5.32 Å². The lowest BCUT2D eigenvalue weighted by Gasteiger charge is -2.44. The van der Waals surface area contributed by atoms with Gasteiger partial charge in [-0.1, -0.05) is 33.1 Å². The summed E-state index contributed by atoms with van der Waals surface area (Å²) in [5.74, 6) is 1.52. The Morgan fingerprint density at radius 3 is 2.58 bits per heavy atom. The van der Waals surface area contributed by atoms with Gasteiger partial charge in [0.15, 0.2) is 0 Å². The van der Waals surface area contributed by atoms with E-state index in [2.05, 4.69) is 24.1 Å². The lowest BCUT2D eigenvalue weighted by Crippen LogP contribution is -2.59. The first-order valence-corrected chi connectivity index (χ1v) is 8.24. The molecule has 0 radical (unpaired) electrons. The van der Waals surface area contributed by atoms with Gasteiger partial charge in [-0.3, -0.25) is 4.90 Å². The summed E-state index contributed by atoms with van der Waals surface area (Å²) in [7, 11) is 0. The van der Waals surface area contributed by atoms with E-state index < -0.39 is 0 Å². The van der Waals surface area contributed by atoms with Gasteiger partial charge in [0.2, 0.25) is 0 Å². The van der Waals surface area contributed by atoms with Crippen molar-refractivity contribution in [2.75, 3.05) is 26.3 Å². The number of hydrogen-bond acceptors (Lipinski definition) is 2. The van der Waals surface area contributed by atoms with Crippen molar-refractivity contribution < 1.29 is 4.39 Å². The predicted octanol–water partition coefficient (Wildman–Crippen LogP) is 3.22. The Morgan fingerprint density at radius 2 is 1.95 bits per heavy atom. The third-order valence-corrected chi connectivity index (χ3v) is 4.90. The standard InChI is InChI=1S/C16H31FN2/c1-13(2)10-15-11-18-16(12-19(15)9-8-17)14-6-4-3-5-7-14/h13-16,18H,3-12H2,1-2H3. The molecule has 1 aliphatic carbocycles. The average molecular weight is 270 g/mol. The molecule has 0 aromatic carbocycles. The van der Waals surface area contributed by atoms with Crippen molar-refractivity contribution in [3.8, 4) is 0 Å². The van der Waals surface area contributed by atoms with Crippen molar-refractivity contribution in [3.63, 3.8) is 0 Å². The zero-order chi connectivity index (χ0) is 13.7. The molecule has 0 aromatic heterocycles. The number of halogens is 1. The maximum Gasteiger partial charge on any atom is 0.102 e. The van der Waals surface area contributed by atoms with Gasteiger partial charge in [0.05, 0.1) is 0 Å². The van der Waals surface area contributed by atoms with Crippen LogP contribution in [0.15, 0.2) is 0 Å². The number of hydrogen-bond donors (Lipinski definition) is 1. The molecule has 2 atom stereocenters. The van der Waals surface area contributed by atoms with Crippen LogP contribution in [0.4, 0.5) is 4.39 Å². The highest BCUT2D eigenvalue weighted by molar-refractivity contribution is 4.90. The molecular formula is C16H31FN2. The lowest BCUT2D eigenvalue weighted by atomic mass is 9.82. The summed E-state index contributed by atoms with van der Waals surface area (Å²) < 4.78 is 12.8. The molecule has 2 unspecified atom stereocenters. The Labute approximate surface area is 118 Å². The average Bonchev–Trinajstić information content (AvgIpc) is 2.41. The SMILES string of the molecule is CC(C)CC1CNC(C2CCCCC2)CN1CCF. The molecule has 1 heterocycles. The van der Waals surface area contributed by atoms with Crippen molar-refractivity contribution in [2.24, 2.45) is 11.8 Å². The molecule has 2 rings (SSSR count). The Kier molecular flexibility index (Phi) is 6.08. The Bertz CT molecular complexity index is 251. The summed E-state index contributed by atoms with van der Waals surface area (Å²) in [6, 6.07) is 1.14. The van der Waals surface area contributed by atoms with Crippen LogP contribution in [0.3, 0.4) is 0 Å². The van der Waals surface area contributed by atoms with Gasteiger partial charge in [-0.2, -0.15) is 0 Å². The first-order valence-electron chi connectivity index (χ1n) is 8.24. The van der Waals surface area contributed by atoms with Crippen molar-refractivity contribution in [2.45, 2.75) is 64.5 Å². The van der Waals surface area contributed by atoms with Gasteiger partial charge in [-0.15, -0.1) is 0 Å². The molecule has 0 spiro atoms. The van der Waals surface area contributed by atoms with Crippen LogP contribution in [-0.4, -0.2) is 43.3 Å². The summed E-state index contributed by atoms with van der Waals surface area (Å²) in [5.41, 5.74) is 0. The zero-order valence-corrected chi connectivity index (χ0v) is 12.7. The fraction of sp³-hybridized carbons (Fsp3) is 1.00. The third kappa shape index (κ3) is 4.42. The van der Waals surface area contributed by atoms with E-state index in [0.717, 1.165) is 19.0 Å². The molecule has 1 saturated carbocycles. The summed E-state index contributed by atoms with van der Waals surface area (Å²) in [5, 5.41) is 3.77. The van der Waals surface area contributed by atoms with Crippen molar-refractivity contribution in [1.82, 2.24) is 10.2 Å². The minimum absolute atomic E-state index is 0.202. The molecular weight excluding hydrogens is 239 g/mol. The second-order valence-corrected chi connectivity index (χ2v) is 6.88. The second kappa shape index (κ2) is 7.58. The minimum atomic E-state index is -0.202. The van der Waals surface area contributed by atoms with Gasteiger partial charge in [0, 0.05) is 31.7 Å². The second-order valence-electron chi connectivity index (χ2n) is 6.88. The number of nitrogens with one attached hydrogen (secondary N) is 1. The van der Waals surface area contributed by atoms with Crippen molar-refractivity contribution >= 4 is 0 Å². The maximum atomic E-state index is 12.8. The maximum absolute atomic E-state index is 12.8. The van der Waals surface area contributed by atoms with E-state index >= 15 is 0 Å². The van der Waals surface area contributed by atoms with E-state index in [9.17, 15) is 4.39 Å². The van der Waals surface area contributed by atoms with Gasteiger partial charge >= 0.3 is 0 Å². The lowest BCUT2D eigenvalue weighted by molar-refractivity contribution is 0.0791. The monoisotopic (exact) mass is 270 g/mol. The highest BCUT2D eigenvalue weighted by Crippen LogP contribution is 2.29. The smallest absolute Gasteiger partial charge is 0.102 e. The van der Waals surface area contributed by atoms with Crippen LogP contribution < -0.4 is 5.32 Å². The fourth-order valence-electron chi connectivity index (χ4n) is 3.89. The Hall–Kier alpha value is -0.150. The molecule has 2 fully saturated rings. The van der Waals surface area contributed by atoms with Crippen LogP contribution in [0, 0.1) is 11.8 Å². The van der Waals surface area contributed by atoms with Gasteiger partial charge in [-0.25, -0.2) is 4.39 Å². The normalized spacial score (nSPS) is 30.9. The van der Waals surface area contributed by atoms with Crippen molar-refractivity contribution in [1.29, 1.82) is 0 Å². The van der Waals surface area contributed by atoms with E-state index in [1.54, 1.807) is 0 Å². The molecule has 0 aromatic rings. The quantitative estimate of drug-likeness (QED) is 0.825.